The number of sulfone groups is 1. The van der Waals surface area contributed by atoms with Crippen LogP contribution < -0.4 is 0 Å². The maximum absolute atomic E-state index is 12.7. The van der Waals surface area contributed by atoms with Gasteiger partial charge in [-0.3, -0.25) is 0 Å². The summed E-state index contributed by atoms with van der Waals surface area (Å²) in [6.07, 6.45) is 0. The van der Waals surface area contributed by atoms with Gasteiger partial charge in [0.2, 0.25) is 9.84 Å². The third-order valence-electron chi connectivity index (χ3n) is 2.19. The summed E-state index contributed by atoms with van der Waals surface area (Å²) in [6.45, 7) is 0. The van der Waals surface area contributed by atoms with Crippen LogP contribution in [0.5, 0.6) is 0 Å². The van der Waals surface area contributed by atoms with Crippen LogP contribution in [0.2, 0.25) is 0 Å². The number of hydrogen-bond acceptors (Lipinski definition) is 2. The summed E-state index contributed by atoms with van der Waals surface area (Å²) in [5.74, 6) is 0. The Kier molecular flexibility index (Phi) is 0.998. The van der Waals surface area contributed by atoms with Crippen molar-refractivity contribution >= 4 is 25.8 Å². The molecule has 80 valence electrons. The van der Waals surface area contributed by atoms with Crippen LogP contribution in [0.25, 0.3) is 11.1 Å². The summed E-state index contributed by atoms with van der Waals surface area (Å²) >= 11 is 2.97. The van der Waals surface area contributed by atoms with E-state index >= 15 is 0 Å². The predicted octanol–water partition coefficient (Wildman–Crippen LogP) is 3.26. The third kappa shape index (κ3) is 1.20. The first-order valence-electron chi connectivity index (χ1n) is 7.68. The summed E-state index contributed by atoms with van der Waals surface area (Å²) in [5, 5.41) is 0. The molecule has 2 aromatic carbocycles. The lowest BCUT2D eigenvalue weighted by Gasteiger charge is -1.98. The molecule has 0 radical (unpaired) electrons. The van der Waals surface area contributed by atoms with Gasteiger partial charge < -0.3 is 0 Å². The fourth-order valence-corrected chi connectivity index (χ4v) is 3.25. The normalized spacial score (nSPS) is 21.7. The van der Waals surface area contributed by atoms with Gasteiger partial charge in [-0.05, 0) is 24.2 Å². The first-order chi connectivity index (χ1) is 10.5. The summed E-state index contributed by atoms with van der Waals surface area (Å²) in [4.78, 5) is -1.25. The number of benzene rings is 2. The van der Waals surface area contributed by atoms with Gasteiger partial charge in [0, 0.05) is 15.6 Å². The zero-order valence-corrected chi connectivity index (χ0v) is 10.0. The van der Waals surface area contributed by atoms with Crippen LogP contribution in [0.1, 0.15) is 9.60 Å². The van der Waals surface area contributed by atoms with Crippen molar-refractivity contribution < 1.29 is 18.0 Å². The molecule has 1 aliphatic rings. The molecule has 0 spiro atoms. The molecule has 0 aliphatic carbocycles. The molecular formula is C12H7BrO2S. The summed E-state index contributed by atoms with van der Waals surface area (Å²) < 4.78 is 80.1. The van der Waals surface area contributed by atoms with Gasteiger partial charge >= 0.3 is 0 Å². The standard InChI is InChI=1S/C12H7BrO2S/c13-8-5-6-12-10(7-8)9-3-1-2-4-11(9)16(12,14)15/h1-7H/i1D,2D,3D,4D,5D,6D,7D. The Balaban J connectivity index is 2.70. The molecule has 0 amide bonds. The van der Waals surface area contributed by atoms with Crippen LogP contribution >= 0.6 is 15.9 Å². The number of fused-ring (bicyclic) bond motifs is 3. The van der Waals surface area contributed by atoms with Crippen molar-refractivity contribution in [2.45, 2.75) is 9.79 Å². The molecule has 1 heterocycles. The van der Waals surface area contributed by atoms with E-state index in [4.69, 9.17) is 9.60 Å². The Morgan fingerprint density at radius 1 is 1.00 bits per heavy atom. The Labute approximate surface area is 112 Å². The molecule has 0 unspecified atom stereocenters. The lowest BCUT2D eigenvalue weighted by Crippen LogP contribution is -1.95. The first-order valence-corrected chi connectivity index (χ1v) is 6.46. The summed E-state index contributed by atoms with van der Waals surface area (Å²) in [5.41, 5.74) is -0.579. The quantitative estimate of drug-likeness (QED) is 0.639. The van der Waals surface area contributed by atoms with Gasteiger partial charge in [-0.2, -0.15) is 0 Å². The molecule has 1 aliphatic heterocycles. The van der Waals surface area contributed by atoms with Crippen molar-refractivity contribution in [3.05, 3.63) is 46.8 Å². The fraction of sp³-hybridized carbons (Fsp3) is 0. The van der Waals surface area contributed by atoms with E-state index in [2.05, 4.69) is 15.9 Å². The van der Waals surface area contributed by atoms with E-state index in [1.165, 1.54) is 0 Å². The zero-order valence-electron chi connectivity index (χ0n) is 14.6. The average molecular weight is 302 g/mol. The van der Waals surface area contributed by atoms with Gasteiger partial charge in [0.05, 0.1) is 19.4 Å². The topological polar surface area (TPSA) is 34.1 Å². The smallest absolute Gasteiger partial charge is 0.207 e. The highest BCUT2D eigenvalue weighted by molar-refractivity contribution is 9.10. The van der Waals surface area contributed by atoms with Gasteiger partial charge in [-0.25, -0.2) is 8.42 Å². The van der Waals surface area contributed by atoms with Gasteiger partial charge in [0.1, 0.15) is 0 Å². The first kappa shape index (κ1) is 5.02. The molecule has 16 heavy (non-hydrogen) atoms. The largest absolute Gasteiger partial charge is 0.218 e. The van der Waals surface area contributed by atoms with E-state index in [0.29, 0.717) is 0 Å². The maximum Gasteiger partial charge on any atom is 0.207 e. The minimum absolute atomic E-state index is 0.100. The van der Waals surface area contributed by atoms with Gasteiger partial charge in [0.25, 0.3) is 0 Å². The number of rotatable bonds is 0. The van der Waals surface area contributed by atoms with E-state index < -0.39 is 61.9 Å². The van der Waals surface area contributed by atoms with E-state index in [1.54, 1.807) is 0 Å². The molecule has 2 aromatic rings. The molecule has 0 saturated carbocycles. The molecule has 2 nitrogen and oxygen atoms in total. The average Bonchev–Trinajstić information content (AvgIpc) is 2.74. The Morgan fingerprint density at radius 2 is 1.69 bits per heavy atom. The van der Waals surface area contributed by atoms with Crippen molar-refractivity contribution in [3.8, 4) is 11.1 Å². The summed E-state index contributed by atoms with van der Waals surface area (Å²) in [6, 6.07) is -4.16. The lowest BCUT2D eigenvalue weighted by atomic mass is 10.1. The molecule has 0 N–H and O–H groups in total. The van der Waals surface area contributed by atoms with Crippen LogP contribution in [0, 0.1) is 0 Å². The highest BCUT2D eigenvalue weighted by Crippen LogP contribution is 2.43. The highest BCUT2D eigenvalue weighted by Gasteiger charge is 2.32. The van der Waals surface area contributed by atoms with E-state index in [9.17, 15) is 8.42 Å². The second kappa shape index (κ2) is 3.18. The molecule has 0 bridgehead atoms. The van der Waals surface area contributed by atoms with Gasteiger partial charge in [-0.15, -0.1) is 0 Å². The second-order valence-corrected chi connectivity index (χ2v) is 5.72. The van der Waals surface area contributed by atoms with Crippen molar-refractivity contribution in [3.63, 3.8) is 0 Å². The van der Waals surface area contributed by atoms with Crippen LogP contribution in [0.3, 0.4) is 0 Å². The lowest BCUT2D eigenvalue weighted by molar-refractivity contribution is 0.598. The van der Waals surface area contributed by atoms with E-state index in [-0.39, 0.29) is 15.6 Å². The number of halogens is 1. The van der Waals surface area contributed by atoms with Gasteiger partial charge in [0.15, 0.2) is 0 Å². The highest BCUT2D eigenvalue weighted by atomic mass is 79.9. The monoisotopic (exact) mass is 301 g/mol. The van der Waals surface area contributed by atoms with E-state index in [0.717, 1.165) is 0 Å². The third-order valence-corrected chi connectivity index (χ3v) is 4.27. The Bertz CT molecular complexity index is 942. The van der Waals surface area contributed by atoms with E-state index in [1.807, 2.05) is 0 Å². The zero-order chi connectivity index (χ0) is 17.4. The molecule has 0 atom stereocenters. The molecule has 4 heteroatoms. The number of hydrogen-bond donors (Lipinski definition) is 0. The van der Waals surface area contributed by atoms with Crippen molar-refractivity contribution in [2.75, 3.05) is 0 Å². The summed E-state index contributed by atoms with van der Waals surface area (Å²) in [7, 11) is -4.41. The molecule has 0 fully saturated rings. The van der Waals surface area contributed by atoms with Crippen molar-refractivity contribution in [2.24, 2.45) is 0 Å². The minimum Gasteiger partial charge on any atom is -0.218 e. The fourth-order valence-electron chi connectivity index (χ4n) is 1.53. The molecule has 3 rings (SSSR count). The molecule has 0 saturated heterocycles. The molecule has 0 aromatic heterocycles. The predicted molar refractivity (Wildman–Crippen MR) is 65.0 cm³/mol. The van der Waals surface area contributed by atoms with Crippen LogP contribution in [-0.2, 0) is 9.84 Å². The van der Waals surface area contributed by atoms with Crippen LogP contribution in [0.4, 0.5) is 0 Å². The van der Waals surface area contributed by atoms with Crippen LogP contribution in [0.15, 0.2) is 56.6 Å². The molecular weight excluding hydrogens is 288 g/mol. The Hall–Kier alpha value is -1.13. The van der Waals surface area contributed by atoms with Crippen molar-refractivity contribution in [1.82, 2.24) is 0 Å². The van der Waals surface area contributed by atoms with Gasteiger partial charge in [-0.1, -0.05) is 34.1 Å². The minimum atomic E-state index is -4.41. The Morgan fingerprint density at radius 3 is 2.50 bits per heavy atom. The maximum atomic E-state index is 12.7. The van der Waals surface area contributed by atoms with Crippen molar-refractivity contribution in [1.29, 1.82) is 0 Å². The SMILES string of the molecule is [2H]c1c([2H])c([2H])c2c(c1[2H])-c1c([2H])c(Br)c([2H])c([2H])c1S2(=O)=O. The van der Waals surface area contributed by atoms with Crippen LogP contribution in [-0.4, -0.2) is 8.42 Å². The second-order valence-electron chi connectivity index (χ2n) is 3.10.